The topological polar surface area (TPSA) is 55.4 Å². The Morgan fingerprint density at radius 1 is 1.15 bits per heavy atom. The van der Waals surface area contributed by atoms with Gasteiger partial charge in [0, 0.05) is 32.5 Å². The number of nitrogens with one attached hydrogen (secondary N) is 1. The second kappa shape index (κ2) is 13.5. The average molecular weight is 581 g/mol. The molecule has 4 nitrogen and oxygen atoms in total. The second-order valence-corrected chi connectivity index (χ2v) is 11.2. The van der Waals surface area contributed by atoms with Crippen molar-refractivity contribution >= 4 is 50.9 Å². The van der Waals surface area contributed by atoms with E-state index in [0.717, 1.165) is 25.4 Å². The molecule has 1 aromatic carbocycles. The van der Waals surface area contributed by atoms with Gasteiger partial charge in [0.1, 0.15) is 0 Å². The lowest BCUT2D eigenvalue weighted by molar-refractivity contribution is -0.140. The first-order chi connectivity index (χ1) is 16.0. The van der Waals surface area contributed by atoms with Gasteiger partial charge >= 0.3 is 12.1 Å². The number of halogens is 4. The Bertz CT molecular complexity index is 956. The molecule has 34 heavy (non-hydrogen) atoms. The zero-order valence-corrected chi connectivity index (χ0v) is 22.6. The number of ether oxygens (including phenoxy) is 1. The number of hydrogen-bond acceptors (Lipinski definition) is 5. The largest absolute Gasteiger partial charge is 0.469 e. The molecule has 1 heterocycles. The fourth-order valence-electron chi connectivity index (χ4n) is 3.34. The lowest BCUT2D eigenvalue weighted by Gasteiger charge is -2.17. The Balaban J connectivity index is 2.09. The normalized spacial score (nSPS) is 12.4. The van der Waals surface area contributed by atoms with Crippen molar-refractivity contribution in [3.63, 3.8) is 0 Å². The number of aryl methyl sites for hydroxylation is 2. The summed E-state index contributed by atoms with van der Waals surface area (Å²) < 4.78 is 43.0. The van der Waals surface area contributed by atoms with E-state index < -0.39 is 18.6 Å². The van der Waals surface area contributed by atoms with Crippen LogP contribution in [0.25, 0.3) is 0 Å². The molecule has 0 spiro atoms. The van der Waals surface area contributed by atoms with Gasteiger partial charge in [0.25, 0.3) is 5.91 Å². The maximum Gasteiger partial charge on any atom is 0.389 e. The SMILES string of the molecule is COC(=O)CCNC(=O)c1ccc(C(CCCCCC(F)(F)F)Sc2cc(C)c(Br)c(C)c2)s1. The predicted octanol–water partition coefficient (Wildman–Crippen LogP) is 7.77. The van der Waals surface area contributed by atoms with Crippen molar-refractivity contribution in [1.82, 2.24) is 5.32 Å². The summed E-state index contributed by atoms with van der Waals surface area (Å²) in [6, 6.07) is 7.84. The van der Waals surface area contributed by atoms with Crippen molar-refractivity contribution in [2.45, 2.75) is 68.7 Å². The average Bonchev–Trinajstić information content (AvgIpc) is 3.25. The first-order valence-electron chi connectivity index (χ1n) is 10.9. The Morgan fingerprint density at radius 3 is 2.44 bits per heavy atom. The molecule has 1 atom stereocenters. The van der Waals surface area contributed by atoms with Gasteiger partial charge in [-0.2, -0.15) is 13.2 Å². The van der Waals surface area contributed by atoms with Crippen LogP contribution in [0, 0.1) is 13.8 Å². The van der Waals surface area contributed by atoms with Crippen molar-refractivity contribution in [2.75, 3.05) is 13.7 Å². The summed E-state index contributed by atoms with van der Waals surface area (Å²) in [6.45, 7) is 4.23. The number of unbranched alkanes of at least 4 members (excludes halogenated alkanes) is 2. The van der Waals surface area contributed by atoms with Gasteiger partial charge in [-0.25, -0.2) is 0 Å². The molecular weight excluding hydrogens is 551 g/mol. The highest BCUT2D eigenvalue weighted by molar-refractivity contribution is 9.10. The van der Waals surface area contributed by atoms with Gasteiger partial charge in [0.15, 0.2) is 0 Å². The van der Waals surface area contributed by atoms with E-state index in [0.29, 0.717) is 24.1 Å². The first-order valence-corrected chi connectivity index (χ1v) is 13.4. The molecule has 0 fully saturated rings. The lowest BCUT2D eigenvalue weighted by atomic mass is 10.1. The molecule has 2 rings (SSSR count). The third-order valence-electron chi connectivity index (χ3n) is 5.13. The van der Waals surface area contributed by atoms with E-state index in [-0.39, 0.29) is 30.5 Å². The van der Waals surface area contributed by atoms with Crippen LogP contribution in [0.4, 0.5) is 13.2 Å². The summed E-state index contributed by atoms with van der Waals surface area (Å²) in [6.07, 6.45) is -2.78. The van der Waals surface area contributed by atoms with E-state index in [1.165, 1.54) is 18.4 Å². The molecule has 0 radical (unpaired) electrons. The lowest BCUT2D eigenvalue weighted by Crippen LogP contribution is -2.25. The van der Waals surface area contributed by atoms with Crippen molar-refractivity contribution < 1.29 is 27.5 Å². The highest BCUT2D eigenvalue weighted by Crippen LogP contribution is 2.43. The highest BCUT2D eigenvalue weighted by Gasteiger charge is 2.26. The van der Waals surface area contributed by atoms with E-state index in [4.69, 9.17) is 0 Å². The van der Waals surface area contributed by atoms with Crippen LogP contribution in [0.15, 0.2) is 33.6 Å². The number of thiophene rings is 1. The van der Waals surface area contributed by atoms with E-state index in [2.05, 4.69) is 38.1 Å². The highest BCUT2D eigenvalue weighted by atomic mass is 79.9. The molecule has 1 amide bonds. The smallest absolute Gasteiger partial charge is 0.389 e. The van der Waals surface area contributed by atoms with Crippen molar-refractivity contribution in [1.29, 1.82) is 0 Å². The maximum atomic E-state index is 12.5. The summed E-state index contributed by atoms with van der Waals surface area (Å²) in [5.74, 6) is -0.654. The van der Waals surface area contributed by atoms with Crippen LogP contribution in [-0.2, 0) is 9.53 Å². The Morgan fingerprint density at radius 2 is 1.82 bits per heavy atom. The minimum atomic E-state index is -4.12. The van der Waals surface area contributed by atoms with Crippen LogP contribution in [-0.4, -0.2) is 31.7 Å². The number of thioether (sulfide) groups is 1. The molecule has 0 aliphatic rings. The van der Waals surface area contributed by atoms with Crippen molar-refractivity contribution in [3.8, 4) is 0 Å². The molecule has 0 bridgehead atoms. The molecule has 1 unspecified atom stereocenters. The Labute approximate surface area is 215 Å². The monoisotopic (exact) mass is 579 g/mol. The zero-order valence-electron chi connectivity index (χ0n) is 19.4. The maximum absolute atomic E-state index is 12.5. The van der Waals surface area contributed by atoms with Gasteiger partial charge in [-0.05, 0) is 62.1 Å². The number of carbonyl (C=O) groups is 2. The van der Waals surface area contributed by atoms with Gasteiger partial charge in [0.05, 0.1) is 18.4 Å². The number of esters is 1. The third-order valence-corrected chi connectivity index (χ3v) is 9.00. The molecule has 2 aromatic rings. The fraction of sp³-hybridized carbons (Fsp3) is 0.500. The summed E-state index contributed by atoms with van der Waals surface area (Å²) in [5.41, 5.74) is 2.23. The summed E-state index contributed by atoms with van der Waals surface area (Å²) >= 11 is 6.62. The molecule has 0 saturated heterocycles. The van der Waals surface area contributed by atoms with E-state index in [1.54, 1.807) is 17.8 Å². The van der Waals surface area contributed by atoms with Gasteiger partial charge in [-0.3, -0.25) is 9.59 Å². The number of methoxy groups -OCH3 is 1. The standard InChI is InChI=1S/C24H29BrF3NO3S2/c1-15-13-17(14-16(2)22(15)25)33-18(7-5-4-6-11-24(26,27)28)19-8-9-20(34-19)23(31)29-12-10-21(30)32-3/h8-9,13-14,18H,4-7,10-12H2,1-3H3,(H,29,31). The van der Waals surface area contributed by atoms with Gasteiger partial charge in [0.2, 0.25) is 0 Å². The minimum Gasteiger partial charge on any atom is -0.469 e. The van der Waals surface area contributed by atoms with E-state index in [1.807, 2.05) is 19.9 Å². The molecule has 0 saturated carbocycles. The second-order valence-electron chi connectivity index (χ2n) is 7.98. The number of carbonyl (C=O) groups excluding carboxylic acids is 2. The minimum absolute atomic E-state index is 0.0208. The molecule has 188 valence electrons. The van der Waals surface area contributed by atoms with Gasteiger partial charge < -0.3 is 10.1 Å². The number of rotatable bonds is 12. The third kappa shape index (κ3) is 9.62. The molecule has 0 aliphatic heterocycles. The van der Waals surface area contributed by atoms with Crippen LogP contribution in [0.1, 0.15) is 69.5 Å². The summed E-state index contributed by atoms with van der Waals surface area (Å²) in [5, 5.41) is 2.73. The summed E-state index contributed by atoms with van der Waals surface area (Å²) in [4.78, 5) is 26.3. The van der Waals surface area contributed by atoms with Crippen LogP contribution in [0.3, 0.4) is 0 Å². The number of benzene rings is 1. The van der Waals surface area contributed by atoms with E-state index >= 15 is 0 Å². The molecule has 1 aromatic heterocycles. The van der Waals surface area contributed by atoms with Crippen LogP contribution in [0.5, 0.6) is 0 Å². The van der Waals surface area contributed by atoms with Gasteiger partial charge in [-0.15, -0.1) is 23.1 Å². The van der Waals surface area contributed by atoms with Crippen molar-refractivity contribution in [3.05, 3.63) is 49.6 Å². The number of hydrogen-bond donors (Lipinski definition) is 1. The number of alkyl halides is 3. The predicted molar refractivity (Wildman–Crippen MR) is 135 cm³/mol. The Hall–Kier alpha value is -1.52. The molecule has 10 heteroatoms. The van der Waals surface area contributed by atoms with Crippen molar-refractivity contribution in [2.24, 2.45) is 0 Å². The number of amides is 1. The van der Waals surface area contributed by atoms with E-state index in [9.17, 15) is 22.8 Å². The Kier molecular flexibility index (Phi) is 11.4. The molecule has 0 aliphatic carbocycles. The quantitative estimate of drug-likeness (QED) is 0.158. The van der Waals surface area contributed by atoms with Gasteiger partial charge in [-0.1, -0.05) is 28.8 Å². The van der Waals surface area contributed by atoms with Crippen LogP contribution >= 0.6 is 39.0 Å². The zero-order chi connectivity index (χ0) is 25.3. The molecular formula is C24H29BrF3NO3S2. The van der Waals surface area contributed by atoms with Crippen LogP contribution < -0.4 is 5.32 Å². The molecule has 1 N–H and O–H groups in total. The fourth-order valence-corrected chi connectivity index (χ4v) is 6.10. The van der Waals surface area contributed by atoms with Crippen LogP contribution in [0.2, 0.25) is 0 Å². The first kappa shape index (κ1) is 28.7. The summed E-state index contributed by atoms with van der Waals surface area (Å²) in [7, 11) is 1.30.